The highest BCUT2D eigenvalue weighted by atomic mass is 16.1. The molecular weight excluding hydrogens is 460 g/mol. The van der Waals surface area contributed by atoms with Crippen molar-refractivity contribution >= 4 is 11.9 Å². The third-order valence-corrected chi connectivity index (χ3v) is 6.75. The summed E-state index contributed by atoms with van der Waals surface area (Å²) in [5, 5.41) is 3.07. The lowest BCUT2D eigenvalue weighted by molar-refractivity contribution is -0.116. The normalized spacial score (nSPS) is 17.7. The minimum absolute atomic E-state index is 0.0154. The van der Waals surface area contributed by atoms with Crippen LogP contribution in [-0.4, -0.2) is 67.6 Å². The van der Waals surface area contributed by atoms with Gasteiger partial charge in [-0.2, -0.15) is 0 Å². The van der Waals surface area contributed by atoms with E-state index in [9.17, 15) is 4.79 Å². The van der Waals surface area contributed by atoms with Gasteiger partial charge in [0, 0.05) is 38.3 Å². The summed E-state index contributed by atoms with van der Waals surface area (Å²) in [4.78, 5) is 21.2. The van der Waals surface area contributed by atoms with Crippen molar-refractivity contribution in [2.75, 3.05) is 39.9 Å². The molecule has 0 radical (unpaired) electrons. The number of likely N-dealkylation sites (N-methyl/N-ethyl adjacent to an activating group) is 1. The third kappa shape index (κ3) is 16.9. The maximum absolute atomic E-state index is 12.3. The van der Waals surface area contributed by atoms with Crippen LogP contribution in [0.15, 0.2) is 51.6 Å². The number of carbonyl (C=O) groups is 1. The van der Waals surface area contributed by atoms with Gasteiger partial charge in [0.25, 0.3) is 0 Å². The third-order valence-electron chi connectivity index (χ3n) is 6.75. The molecule has 0 spiro atoms. The van der Waals surface area contributed by atoms with E-state index in [1.54, 1.807) is 6.08 Å². The second-order valence-corrected chi connectivity index (χ2v) is 10.9. The van der Waals surface area contributed by atoms with E-state index in [1.807, 2.05) is 6.92 Å². The number of nitrogens with one attached hydrogen (secondary N) is 1. The summed E-state index contributed by atoms with van der Waals surface area (Å²) >= 11 is 0. The molecular formula is C30H54N6O. The molecule has 0 aromatic carbocycles. The fraction of sp³-hybridized carbons (Fsp3) is 0.667. The van der Waals surface area contributed by atoms with Crippen LogP contribution in [0.2, 0.25) is 0 Å². The molecule has 0 bridgehead atoms. The Bertz CT molecular complexity index is 831. The molecule has 1 atom stereocenters. The van der Waals surface area contributed by atoms with Gasteiger partial charge in [-0.25, -0.2) is 0 Å². The average molecular weight is 515 g/mol. The molecule has 1 aliphatic rings. The van der Waals surface area contributed by atoms with Crippen molar-refractivity contribution in [3.63, 3.8) is 0 Å². The molecule has 0 aliphatic carbocycles. The van der Waals surface area contributed by atoms with E-state index in [-0.39, 0.29) is 11.9 Å². The predicted molar refractivity (Wildman–Crippen MR) is 159 cm³/mol. The van der Waals surface area contributed by atoms with Crippen LogP contribution < -0.4 is 16.8 Å². The molecule has 1 rings (SSSR count). The van der Waals surface area contributed by atoms with Crippen LogP contribution in [0.5, 0.6) is 0 Å². The number of carbonyl (C=O) groups excluding carboxylic acids is 1. The molecule has 0 saturated carbocycles. The minimum Gasteiger partial charge on any atom is -0.370 e. The number of hydrogen-bond acceptors (Lipinski definition) is 4. The van der Waals surface area contributed by atoms with Gasteiger partial charge in [0.15, 0.2) is 5.96 Å². The van der Waals surface area contributed by atoms with Gasteiger partial charge in [-0.15, -0.1) is 0 Å². The largest absolute Gasteiger partial charge is 0.370 e. The monoisotopic (exact) mass is 514 g/mol. The standard InChI is InChI=1S/C30H54N6O/c1-24(2)11-7-12-25(3)13-8-14-26(4)15-9-16-27(5)21-29(37)33-19-17-28-22-36(23-35(28)6)20-10-18-34-30(31)32/h11,13,15,21,28H,7-10,12,14,16-20,22-23H2,1-6H3,(H,33,37)(H4,31,32,34). The number of amides is 1. The van der Waals surface area contributed by atoms with E-state index >= 15 is 0 Å². The van der Waals surface area contributed by atoms with Crippen LogP contribution in [0, 0.1) is 0 Å². The van der Waals surface area contributed by atoms with Gasteiger partial charge in [0.1, 0.15) is 0 Å². The van der Waals surface area contributed by atoms with Gasteiger partial charge in [0.2, 0.25) is 5.91 Å². The molecule has 7 nitrogen and oxygen atoms in total. The topological polar surface area (TPSA) is 100.0 Å². The first-order valence-electron chi connectivity index (χ1n) is 13.9. The molecule has 1 amide bonds. The zero-order valence-electron chi connectivity index (χ0n) is 24.5. The first-order chi connectivity index (χ1) is 17.6. The minimum atomic E-state index is 0.0154. The molecule has 37 heavy (non-hydrogen) atoms. The molecule has 0 aromatic rings. The zero-order chi connectivity index (χ0) is 27.6. The summed E-state index contributed by atoms with van der Waals surface area (Å²) in [7, 11) is 2.14. The highest BCUT2D eigenvalue weighted by Crippen LogP contribution is 2.15. The van der Waals surface area contributed by atoms with Gasteiger partial charge in [-0.1, -0.05) is 40.5 Å². The Morgan fingerprint density at radius 3 is 2.14 bits per heavy atom. The molecule has 5 N–H and O–H groups in total. The molecule has 1 saturated heterocycles. The van der Waals surface area contributed by atoms with E-state index < -0.39 is 0 Å². The van der Waals surface area contributed by atoms with Crippen molar-refractivity contribution in [2.45, 2.75) is 92.0 Å². The zero-order valence-corrected chi connectivity index (χ0v) is 24.5. The van der Waals surface area contributed by atoms with E-state index in [2.05, 4.69) is 73.1 Å². The maximum Gasteiger partial charge on any atom is 0.243 e. The molecule has 1 unspecified atom stereocenters. The number of aliphatic imine (C=N–C) groups is 1. The fourth-order valence-corrected chi connectivity index (χ4v) is 4.50. The molecule has 1 fully saturated rings. The Morgan fingerprint density at radius 1 is 0.946 bits per heavy atom. The smallest absolute Gasteiger partial charge is 0.243 e. The summed E-state index contributed by atoms with van der Waals surface area (Å²) in [6, 6.07) is 0.456. The van der Waals surface area contributed by atoms with Crippen molar-refractivity contribution in [3.05, 3.63) is 46.6 Å². The Kier molecular flexibility index (Phi) is 16.6. The maximum atomic E-state index is 12.3. The fourth-order valence-electron chi connectivity index (χ4n) is 4.50. The molecule has 0 aromatic heterocycles. The second-order valence-electron chi connectivity index (χ2n) is 10.9. The molecule has 1 heterocycles. The molecule has 1 aliphatic heterocycles. The molecule has 210 valence electrons. The van der Waals surface area contributed by atoms with Crippen LogP contribution in [0.25, 0.3) is 0 Å². The van der Waals surface area contributed by atoms with E-state index in [0.717, 1.165) is 76.7 Å². The summed E-state index contributed by atoms with van der Waals surface area (Å²) in [6.45, 7) is 15.1. The van der Waals surface area contributed by atoms with Crippen LogP contribution in [0.4, 0.5) is 0 Å². The lowest BCUT2D eigenvalue weighted by Crippen LogP contribution is -2.32. The summed E-state index contributed by atoms with van der Waals surface area (Å²) in [6.07, 6.45) is 17.1. The number of allylic oxidation sites excluding steroid dienone is 7. The lowest BCUT2D eigenvalue weighted by Gasteiger charge is -2.17. The Hall–Kier alpha value is -2.38. The number of nitrogens with two attached hydrogens (primary N) is 2. The number of rotatable bonds is 17. The summed E-state index contributed by atoms with van der Waals surface area (Å²) < 4.78 is 0. The first-order valence-corrected chi connectivity index (χ1v) is 13.9. The van der Waals surface area contributed by atoms with Crippen molar-refractivity contribution < 1.29 is 4.79 Å². The summed E-state index contributed by atoms with van der Waals surface area (Å²) in [5.74, 6) is 0.171. The number of nitrogens with zero attached hydrogens (tertiary/aromatic N) is 3. The average Bonchev–Trinajstić information content (AvgIpc) is 3.15. The number of hydrogen-bond donors (Lipinski definition) is 3. The van der Waals surface area contributed by atoms with Gasteiger partial charge in [-0.3, -0.25) is 19.6 Å². The van der Waals surface area contributed by atoms with Crippen molar-refractivity contribution in [3.8, 4) is 0 Å². The Labute approximate surface area is 226 Å². The van der Waals surface area contributed by atoms with E-state index in [1.165, 1.54) is 16.7 Å². The van der Waals surface area contributed by atoms with E-state index in [4.69, 9.17) is 11.5 Å². The van der Waals surface area contributed by atoms with Crippen molar-refractivity contribution in [2.24, 2.45) is 16.5 Å². The van der Waals surface area contributed by atoms with Crippen LogP contribution in [0.3, 0.4) is 0 Å². The number of guanidine groups is 1. The molecule has 7 heteroatoms. The van der Waals surface area contributed by atoms with Crippen LogP contribution in [0.1, 0.15) is 86.0 Å². The lowest BCUT2D eigenvalue weighted by atomic mass is 10.0. The highest BCUT2D eigenvalue weighted by Gasteiger charge is 2.26. The Balaban J connectivity index is 2.24. The van der Waals surface area contributed by atoms with Crippen LogP contribution >= 0.6 is 0 Å². The SMILES string of the molecule is CC(C)=CCCC(C)=CCCC(C)=CCCC(C)=CC(=O)NCCC1CN(CCCN=C(N)N)CN1C. The Morgan fingerprint density at radius 2 is 1.54 bits per heavy atom. The van der Waals surface area contributed by atoms with Crippen molar-refractivity contribution in [1.82, 2.24) is 15.1 Å². The van der Waals surface area contributed by atoms with E-state index in [0.29, 0.717) is 19.1 Å². The highest BCUT2D eigenvalue weighted by molar-refractivity contribution is 5.88. The van der Waals surface area contributed by atoms with Gasteiger partial charge in [-0.05, 0) is 93.0 Å². The quantitative estimate of drug-likeness (QED) is 0.0845. The van der Waals surface area contributed by atoms with Crippen molar-refractivity contribution in [1.29, 1.82) is 0 Å². The summed E-state index contributed by atoms with van der Waals surface area (Å²) in [5.41, 5.74) is 16.2. The first kappa shape index (κ1) is 32.6. The predicted octanol–water partition coefficient (Wildman–Crippen LogP) is 4.88. The van der Waals surface area contributed by atoms with Gasteiger partial charge < -0.3 is 16.8 Å². The van der Waals surface area contributed by atoms with Gasteiger partial charge in [0.05, 0.1) is 6.67 Å². The van der Waals surface area contributed by atoms with Gasteiger partial charge >= 0.3 is 0 Å². The second kappa shape index (κ2) is 18.8. The van der Waals surface area contributed by atoms with Crippen LogP contribution in [-0.2, 0) is 4.79 Å².